The fourth-order valence-electron chi connectivity index (χ4n) is 2.17. The lowest BCUT2D eigenvalue weighted by Gasteiger charge is -2.11. The molecule has 0 radical (unpaired) electrons. The molecule has 3 aromatic rings. The number of nitrogens with two attached hydrogens (primary N) is 1. The van der Waals surface area contributed by atoms with E-state index in [4.69, 9.17) is 10.5 Å². The number of hydrogen-bond donors (Lipinski definition) is 1. The highest BCUT2D eigenvalue weighted by Gasteiger charge is 2.06. The molecule has 2 N–H and O–H groups in total. The van der Waals surface area contributed by atoms with Gasteiger partial charge in [0, 0.05) is 10.9 Å². The highest BCUT2D eigenvalue weighted by Crippen LogP contribution is 2.27. The molecule has 0 unspecified atom stereocenters. The van der Waals surface area contributed by atoms with Crippen molar-refractivity contribution < 1.29 is 4.74 Å². The van der Waals surface area contributed by atoms with Gasteiger partial charge < -0.3 is 10.5 Å². The Hall–Kier alpha value is -2.07. The Bertz CT molecular complexity index is 802. The lowest BCUT2D eigenvalue weighted by molar-refractivity contribution is 0.304. The molecule has 0 aliphatic heterocycles. The van der Waals surface area contributed by atoms with Gasteiger partial charge in [0.15, 0.2) is 0 Å². The van der Waals surface area contributed by atoms with Crippen LogP contribution >= 0.6 is 15.9 Å². The maximum atomic E-state index is 6.01. The first-order chi connectivity index (χ1) is 10.1. The third-order valence-corrected chi connectivity index (χ3v) is 3.93. The van der Waals surface area contributed by atoms with Crippen LogP contribution in [0.4, 0.5) is 5.82 Å². The van der Waals surface area contributed by atoms with E-state index in [9.17, 15) is 0 Å². The van der Waals surface area contributed by atoms with E-state index >= 15 is 0 Å². The number of aryl methyl sites for hydroxylation is 1. The van der Waals surface area contributed by atoms with Gasteiger partial charge in [-0.2, -0.15) is 0 Å². The molecule has 0 atom stereocenters. The minimum Gasteiger partial charge on any atom is -0.488 e. The molecule has 0 aliphatic rings. The van der Waals surface area contributed by atoms with E-state index in [-0.39, 0.29) is 0 Å². The molecule has 0 fully saturated rings. The number of hydrogen-bond acceptors (Lipinski definition) is 3. The quantitative estimate of drug-likeness (QED) is 0.763. The summed E-state index contributed by atoms with van der Waals surface area (Å²) in [5, 5.41) is 1.06. The molecule has 0 saturated heterocycles. The SMILES string of the molecule is Cc1ccc(OCc2cc3ccccc3nc2N)c(Br)c1. The zero-order valence-corrected chi connectivity index (χ0v) is 13.2. The van der Waals surface area contributed by atoms with Gasteiger partial charge in [0.25, 0.3) is 0 Å². The van der Waals surface area contributed by atoms with Crippen LogP contribution in [0.2, 0.25) is 0 Å². The van der Waals surface area contributed by atoms with Gasteiger partial charge in [0.05, 0.1) is 9.99 Å². The van der Waals surface area contributed by atoms with E-state index in [1.165, 1.54) is 5.56 Å². The summed E-state index contributed by atoms with van der Waals surface area (Å²) in [5.74, 6) is 1.31. The summed E-state index contributed by atoms with van der Waals surface area (Å²) in [6.07, 6.45) is 0. The third kappa shape index (κ3) is 3.00. The van der Waals surface area contributed by atoms with E-state index in [0.717, 1.165) is 26.7 Å². The highest BCUT2D eigenvalue weighted by molar-refractivity contribution is 9.10. The molecule has 4 heteroatoms. The van der Waals surface area contributed by atoms with Gasteiger partial charge in [0.1, 0.15) is 18.2 Å². The second-order valence-electron chi connectivity index (χ2n) is 4.95. The van der Waals surface area contributed by atoms with Gasteiger partial charge in [0.2, 0.25) is 0 Å². The Morgan fingerprint density at radius 3 is 2.76 bits per heavy atom. The number of para-hydroxylation sites is 1. The van der Waals surface area contributed by atoms with Crippen LogP contribution in [-0.2, 0) is 6.61 Å². The van der Waals surface area contributed by atoms with Crippen molar-refractivity contribution in [3.05, 3.63) is 64.1 Å². The minimum atomic E-state index is 0.394. The number of pyridine rings is 1. The summed E-state index contributed by atoms with van der Waals surface area (Å²) in [4.78, 5) is 4.41. The van der Waals surface area contributed by atoms with Gasteiger partial charge in [-0.05, 0) is 52.7 Å². The van der Waals surface area contributed by atoms with Crippen LogP contribution in [0.3, 0.4) is 0 Å². The van der Waals surface area contributed by atoms with Crippen LogP contribution < -0.4 is 10.5 Å². The Morgan fingerprint density at radius 2 is 1.95 bits per heavy atom. The average molecular weight is 343 g/mol. The number of nitrogen functional groups attached to an aromatic ring is 1. The van der Waals surface area contributed by atoms with Gasteiger partial charge >= 0.3 is 0 Å². The number of benzene rings is 2. The molecule has 0 saturated carbocycles. The average Bonchev–Trinajstić information content (AvgIpc) is 2.46. The van der Waals surface area contributed by atoms with Gasteiger partial charge in [-0.25, -0.2) is 4.98 Å². The molecule has 1 heterocycles. The first kappa shape index (κ1) is 13.9. The van der Waals surface area contributed by atoms with Crippen molar-refractivity contribution in [1.29, 1.82) is 0 Å². The van der Waals surface area contributed by atoms with E-state index < -0.39 is 0 Å². The molecule has 0 amide bonds. The van der Waals surface area contributed by atoms with Crippen molar-refractivity contribution in [2.75, 3.05) is 5.73 Å². The fourth-order valence-corrected chi connectivity index (χ4v) is 2.78. The summed E-state index contributed by atoms with van der Waals surface area (Å²) in [5.41, 5.74) is 8.98. The smallest absolute Gasteiger partial charge is 0.134 e. The van der Waals surface area contributed by atoms with E-state index in [0.29, 0.717) is 12.4 Å². The molecular weight excluding hydrogens is 328 g/mol. The number of nitrogens with zero attached hydrogens (tertiary/aromatic N) is 1. The van der Waals surface area contributed by atoms with Gasteiger partial charge in [-0.1, -0.05) is 24.3 Å². The Balaban J connectivity index is 1.86. The van der Waals surface area contributed by atoms with Crippen molar-refractivity contribution >= 4 is 32.7 Å². The molecule has 0 spiro atoms. The molecule has 1 aromatic heterocycles. The predicted octanol–water partition coefficient (Wildman–Crippen LogP) is 4.47. The van der Waals surface area contributed by atoms with Crippen LogP contribution in [-0.4, -0.2) is 4.98 Å². The summed E-state index contributed by atoms with van der Waals surface area (Å²) in [6.45, 7) is 2.44. The third-order valence-electron chi connectivity index (χ3n) is 3.31. The van der Waals surface area contributed by atoms with Crippen LogP contribution in [0, 0.1) is 6.92 Å². The number of fused-ring (bicyclic) bond motifs is 1. The van der Waals surface area contributed by atoms with E-state index in [2.05, 4.69) is 20.9 Å². The highest BCUT2D eigenvalue weighted by atomic mass is 79.9. The molecule has 0 aliphatic carbocycles. The zero-order chi connectivity index (χ0) is 14.8. The summed E-state index contributed by atoms with van der Waals surface area (Å²) in [6, 6.07) is 15.9. The van der Waals surface area contributed by atoms with Crippen molar-refractivity contribution in [3.63, 3.8) is 0 Å². The van der Waals surface area contributed by atoms with Crippen molar-refractivity contribution in [2.45, 2.75) is 13.5 Å². The Kier molecular flexibility index (Phi) is 3.80. The topological polar surface area (TPSA) is 48.1 Å². The number of halogens is 1. The van der Waals surface area contributed by atoms with E-state index in [1.807, 2.05) is 55.5 Å². The monoisotopic (exact) mass is 342 g/mol. The largest absolute Gasteiger partial charge is 0.488 e. The maximum Gasteiger partial charge on any atom is 0.134 e. The molecule has 21 heavy (non-hydrogen) atoms. The van der Waals surface area contributed by atoms with Crippen molar-refractivity contribution in [1.82, 2.24) is 4.98 Å². The first-order valence-electron chi connectivity index (χ1n) is 6.66. The Morgan fingerprint density at radius 1 is 1.14 bits per heavy atom. The van der Waals surface area contributed by atoms with Crippen LogP contribution in [0.15, 0.2) is 53.0 Å². The van der Waals surface area contributed by atoms with Crippen molar-refractivity contribution in [3.8, 4) is 5.75 Å². The fraction of sp³-hybridized carbons (Fsp3) is 0.118. The summed E-state index contributed by atoms with van der Waals surface area (Å²) in [7, 11) is 0. The normalized spacial score (nSPS) is 10.8. The maximum absolute atomic E-state index is 6.01. The number of rotatable bonds is 3. The molecular formula is C17H15BrN2O. The van der Waals surface area contributed by atoms with Crippen LogP contribution in [0.1, 0.15) is 11.1 Å². The van der Waals surface area contributed by atoms with Gasteiger partial charge in [-0.15, -0.1) is 0 Å². The molecule has 106 valence electrons. The molecule has 3 rings (SSSR count). The van der Waals surface area contributed by atoms with Crippen LogP contribution in [0.25, 0.3) is 10.9 Å². The lowest BCUT2D eigenvalue weighted by atomic mass is 10.1. The molecule has 0 bridgehead atoms. The van der Waals surface area contributed by atoms with Gasteiger partial charge in [-0.3, -0.25) is 0 Å². The summed E-state index contributed by atoms with van der Waals surface area (Å²) < 4.78 is 6.78. The Labute approximate surface area is 131 Å². The number of anilines is 1. The van der Waals surface area contributed by atoms with Crippen LogP contribution in [0.5, 0.6) is 5.75 Å². The molecule has 3 nitrogen and oxygen atoms in total. The van der Waals surface area contributed by atoms with E-state index in [1.54, 1.807) is 0 Å². The molecule has 2 aromatic carbocycles. The second kappa shape index (κ2) is 5.74. The zero-order valence-electron chi connectivity index (χ0n) is 11.6. The second-order valence-corrected chi connectivity index (χ2v) is 5.80. The minimum absolute atomic E-state index is 0.394. The predicted molar refractivity (Wildman–Crippen MR) is 89.4 cm³/mol. The number of ether oxygens (including phenoxy) is 1. The standard InChI is InChI=1S/C17H15BrN2O/c1-11-6-7-16(14(18)8-11)21-10-13-9-12-4-2-3-5-15(12)20-17(13)19/h2-9H,10H2,1H3,(H2,19,20). The number of aromatic nitrogens is 1. The van der Waals surface area contributed by atoms with Crippen molar-refractivity contribution in [2.24, 2.45) is 0 Å². The summed E-state index contributed by atoms with van der Waals surface area (Å²) >= 11 is 3.51. The lowest BCUT2D eigenvalue weighted by Crippen LogP contribution is -2.03. The first-order valence-corrected chi connectivity index (χ1v) is 7.46.